The number of hydrogen-bond acceptors (Lipinski definition) is 8. The first kappa shape index (κ1) is 23.2. The summed E-state index contributed by atoms with van der Waals surface area (Å²) in [4.78, 5) is 41.0. The summed E-state index contributed by atoms with van der Waals surface area (Å²) in [5, 5.41) is 3.16. The summed E-state index contributed by atoms with van der Waals surface area (Å²) in [6.07, 6.45) is 3.58. The highest BCUT2D eigenvalue weighted by atomic mass is 32.1. The summed E-state index contributed by atoms with van der Waals surface area (Å²) in [6.45, 7) is 5.29. The lowest BCUT2D eigenvalue weighted by molar-refractivity contribution is -0.121. The normalized spacial score (nSPS) is 14.8. The number of hydrogen-bond donors (Lipinski definition) is 1. The minimum Gasteiger partial charge on any atom is -0.384 e. The number of fused-ring (bicyclic) bond motifs is 1. The Kier molecular flexibility index (Phi) is 6.94. The van der Waals surface area contributed by atoms with Crippen LogP contribution in [0.2, 0.25) is 0 Å². The van der Waals surface area contributed by atoms with Crippen molar-refractivity contribution >= 4 is 39.2 Å². The molecule has 4 heterocycles. The van der Waals surface area contributed by atoms with E-state index in [4.69, 9.17) is 4.74 Å². The predicted octanol–water partition coefficient (Wildman–Crippen LogP) is 3.77. The number of aryl methyl sites for hydroxylation is 1. The Balaban J connectivity index is 1.50. The highest BCUT2D eigenvalue weighted by molar-refractivity contribution is 7.19. The van der Waals surface area contributed by atoms with Crippen molar-refractivity contribution in [3.05, 3.63) is 46.5 Å². The van der Waals surface area contributed by atoms with Gasteiger partial charge in [-0.25, -0.2) is 14.4 Å². The Morgan fingerprint density at radius 2 is 2.09 bits per heavy atom. The fourth-order valence-electron chi connectivity index (χ4n) is 3.86. The molecule has 0 aromatic carbocycles. The Morgan fingerprint density at radius 1 is 1.30 bits per heavy atom. The van der Waals surface area contributed by atoms with Gasteiger partial charge in [-0.1, -0.05) is 0 Å². The van der Waals surface area contributed by atoms with Gasteiger partial charge in [0, 0.05) is 50.0 Å². The molecule has 4 rings (SSSR count). The van der Waals surface area contributed by atoms with Crippen LogP contribution in [0.15, 0.2) is 24.5 Å². The van der Waals surface area contributed by atoms with Crippen molar-refractivity contribution in [2.24, 2.45) is 5.92 Å². The van der Waals surface area contributed by atoms with E-state index < -0.39 is 5.82 Å². The predicted molar refractivity (Wildman–Crippen MR) is 124 cm³/mol. The van der Waals surface area contributed by atoms with Crippen LogP contribution in [0, 0.1) is 18.7 Å². The number of pyridine rings is 1. The lowest BCUT2D eigenvalue weighted by Gasteiger charge is -2.38. The molecule has 1 amide bonds. The molecule has 174 valence electrons. The molecule has 0 aliphatic carbocycles. The lowest BCUT2D eigenvalue weighted by Crippen LogP contribution is -2.50. The largest absolute Gasteiger partial charge is 0.384 e. The fourth-order valence-corrected chi connectivity index (χ4v) is 4.79. The first-order valence-electron chi connectivity index (χ1n) is 10.8. The third-order valence-corrected chi connectivity index (χ3v) is 6.66. The van der Waals surface area contributed by atoms with Gasteiger partial charge in [0.1, 0.15) is 11.6 Å². The van der Waals surface area contributed by atoms with E-state index in [9.17, 15) is 14.0 Å². The average molecular weight is 472 g/mol. The van der Waals surface area contributed by atoms with Crippen molar-refractivity contribution in [3.8, 4) is 0 Å². The zero-order chi connectivity index (χ0) is 23.5. The number of halogens is 1. The molecule has 0 spiro atoms. The Labute approximate surface area is 195 Å². The Morgan fingerprint density at radius 3 is 2.82 bits per heavy atom. The van der Waals surface area contributed by atoms with E-state index in [1.165, 1.54) is 17.4 Å². The number of nitrogens with one attached hydrogen (secondary N) is 1. The molecule has 3 aromatic heterocycles. The number of nitrogens with zero attached hydrogens (tertiary/aromatic N) is 4. The number of carbonyl (C=O) groups is 2. The molecule has 10 heteroatoms. The van der Waals surface area contributed by atoms with Crippen LogP contribution in [0.25, 0.3) is 10.2 Å². The van der Waals surface area contributed by atoms with Gasteiger partial charge in [0.05, 0.1) is 29.1 Å². The zero-order valence-electron chi connectivity index (χ0n) is 18.8. The van der Waals surface area contributed by atoms with E-state index in [1.54, 1.807) is 18.2 Å². The van der Waals surface area contributed by atoms with Crippen LogP contribution in [-0.2, 0) is 9.53 Å². The van der Waals surface area contributed by atoms with E-state index in [1.807, 2.05) is 19.9 Å². The molecular formula is C23H26FN5O3S. The monoisotopic (exact) mass is 471 g/mol. The molecule has 1 N–H and O–H groups in total. The maximum absolute atomic E-state index is 13.6. The smallest absolute Gasteiger partial charge is 0.274 e. The Hall–Kier alpha value is -2.98. The highest BCUT2D eigenvalue weighted by Gasteiger charge is 2.34. The summed E-state index contributed by atoms with van der Waals surface area (Å²) in [6, 6.07) is 3.02. The lowest BCUT2D eigenvalue weighted by atomic mass is 9.93. The van der Waals surface area contributed by atoms with Gasteiger partial charge in [-0.2, -0.15) is 0 Å². The number of ether oxygens (including phenoxy) is 1. The van der Waals surface area contributed by atoms with Gasteiger partial charge >= 0.3 is 0 Å². The molecule has 0 radical (unpaired) electrons. The molecule has 3 aromatic rings. The molecule has 1 fully saturated rings. The van der Waals surface area contributed by atoms with Crippen molar-refractivity contribution in [1.29, 1.82) is 0 Å². The molecule has 0 bridgehead atoms. The van der Waals surface area contributed by atoms with E-state index in [2.05, 4.69) is 20.3 Å². The van der Waals surface area contributed by atoms with Crippen molar-refractivity contribution in [2.45, 2.75) is 32.7 Å². The van der Waals surface area contributed by atoms with E-state index in [0.717, 1.165) is 15.8 Å². The molecule has 0 unspecified atom stereocenters. The molecule has 33 heavy (non-hydrogen) atoms. The van der Waals surface area contributed by atoms with Crippen molar-refractivity contribution in [1.82, 2.24) is 19.9 Å². The van der Waals surface area contributed by atoms with Crippen LogP contribution < -0.4 is 5.32 Å². The van der Waals surface area contributed by atoms with Gasteiger partial charge in [0.2, 0.25) is 5.95 Å². The zero-order valence-corrected chi connectivity index (χ0v) is 19.6. The maximum Gasteiger partial charge on any atom is 0.274 e. The summed E-state index contributed by atoms with van der Waals surface area (Å²) >= 11 is 1.48. The molecule has 1 atom stereocenters. The number of likely N-dealkylation sites (tertiary alicyclic amines) is 1. The van der Waals surface area contributed by atoms with Crippen LogP contribution in [0.3, 0.4) is 0 Å². The van der Waals surface area contributed by atoms with Gasteiger partial charge in [-0.05, 0) is 31.5 Å². The van der Waals surface area contributed by atoms with Gasteiger partial charge in [0.25, 0.3) is 5.91 Å². The SMILES string of the molecule is COCCC(=O)CC1CN(C(=O)c2nc(N[C@@H](C)c3cncc(F)c3)nc3cc(C)sc23)C1. The van der Waals surface area contributed by atoms with Gasteiger partial charge in [-0.15, -0.1) is 11.3 Å². The van der Waals surface area contributed by atoms with Gasteiger partial charge in [-0.3, -0.25) is 14.6 Å². The quantitative estimate of drug-likeness (QED) is 0.507. The third-order valence-electron chi connectivity index (χ3n) is 5.61. The first-order chi connectivity index (χ1) is 15.8. The molecular weight excluding hydrogens is 445 g/mol. The van der Waals surface area contributed by atoms with Crippen LogP contribution >= 0.6 is 11.3 Å². The number of anilines is 1. The third kappa shape index (κ3) is 5.33. The molecule has 8 nitrogen and oxygen atoms in total. The molecule has 0 saturated carbocycles. The van der Waals surface area contributed by atoms with Gasteiger partial charge in [0.15, 0.2) is 5.69 Å². The summed E-state index contributed by atoms with van der Waals surface area (Å²) in [5.41, 5.74) is 1.68. The number of carbonyl (C=O) groups excluding carboxylic acids is 2. The van der Waals surface area contributed by atoms with Crippen LogP contribution in [0.1, 0.15) is 46.7 Å². The van der Waals surface area contributed by atoms with Crippen LogP contribution in [-0.4, -0.2) is 58.3 Å². The van der Waals surface area contributed by atoms with Crippen LogP contribution in [0.5, 0.6) is 0 Å². The number of ketones is 1. The highest BCUT2D eigenvalue weighted by Crippen LogP contribution is 2.31. The summed E-state index contributed by atoms with van der Waals surface area (Å²) < 4.78 is 19.2. The number of amides is 1. The van der Waals surface area contributed by atoms with Gasteiger partial charge < -0.3 is 15.0 Å². The second-order valence-corrected chi connectivity index (χ2v) is 9.59. The number of rotatable bonds is 9. The molecule has 1 aliphatic rings. The number of methoxy groups -OCH3 is 1. The van der Waals surface area contributed by atoms with E-state index in [0.29, 0.717) is 55.3 Å². The van der Waals surface area contributed by atoms with Crippen molar-refractivity contribution in [2.75, 3.05) is 32.1 Å². The van der Waals surface area contributed by atoms with E-state index >= 15 is 0 Å². The summed E-state index contributed by atoms with van der Waals surface area (Å²) in [7, 11) is 1.57. The fraction of sp³-hybridized carbons (Fsp3) is 0.435. The standard InChI is InChI=1S/C23H26FN5O3S/c1-13-6-19-21(33-13)20(22(31)29-11-15(12-29)7-18(30)4-5-32-3)28-23(27-19)26-14(2)16-8-17(24)10-25-9-16/h6,8-10,14-15H,4-5,7,11-12H2,1-3H3,(H,26,27,28)/t14-/m0/s1. The molecule has 1 saturated heterocycles. The Bertz CT molecular complexity index is 1180. The molecule has 1 aliphatic heterocycles. The number of Topliss-reactive ketones (excluding diaryl/α,β-unsaturated/α-hetero) is 1. The minimum atomic E-state index is -0.421. The first-order valence-corrected chi connectivity index (χ1v) is 11.6. The topological polar surface area (TPSA) is 97.3 Å². The number of thiophene rings is 1. The second-order valence-electron chi connectivity index (χ2n) is 8.33. The summed E-state index contributed by atoms with van der Waals surface area (Å²) in [5.74, 6) is 0.0217. The van der Waals surface area contributed by atoms with Crippen LogP contribution in [0.4, 0.5) is 10.3 Å². The van der Waals surface area contributed by atoms with Crippen molar-refractivity contribution < 1.29 is 18.7 Å². The number of aromatic nitrogens is 3. The minimum absolute atomic E-state index is 0.152. The average Bonchev–Trinajstić information content (AvgIpc) is 3.13. The van der Waals surface area contributed by atoms with E-state index in [-0.39, 0.29) is 23.7 Å². The second kappa shape index (κ2) is 9.88. The maximum atomic E-state index is 13.6. The van der Waals surface area contributed by atoms with Crippen molar-refractivity contribution in [3.63, 3.8) is 0 Å².